The number of ether oxygens (including phenoxy) is 1. The van der Waals surface area contributed by atoms with Gasteiger partial charge in [-0.15, -0.1) is 0 Å². The average Bonchev–Trinajstić information content (AvgIpc) is 2.22. The summed E-state index contributed by atoms with van der Waals surface area (Å²) in [5.41, 5.74) is 0. The molecule has 2 aliphatic rings. The summed E-state index contributed by atoms with van der Waals surface area (Å²) in [7, 11) is 0. The number of amides is 1. The molecule has 2 heterocycles. The first-order valence-corrected chi connectivity index (χ1v) is 3.01. The van der Waals surface area contributed by atoms with E-state index in [1.165, 1.54) is 6.08 Å². The van der Waals surface area contributed by atoms with Gasteiger partial charge in [-0.3, -0.25) is 4.79 Å². The van der Waals surface area contributed by atoms with Crippen molar-refractivity contribution in [2.75, 3.05) is 6.61 Å². The maximum absolute atomic E-state index is 10.6. The molecule has 9 heavy (non-hydrogen) atoms. The molecular weight excluding hydrogens is 118 g/mol. The van der Waals surface area contributed by atoms with Gasteiger partial charge in [0, 0.05) is 12.5 Å². The Morgan fingerprint density at radius 3 is 3.44 bits per heavy atom. The summed E-state index contributed by atoms with van der Waals surface area (Å²) in [6, 6.07) is 0.192. The Balaban J connectivity index is 2.27. The molecule has 0 aromatic carbocycles. The van der Waals surface area contributed by atoms with Crippen LogP contribution in [0.1, 0.15) is 6.42 Å². The quantitative estimate of drug-likeness (QED) is 0.486. The van der Waals surface area contributed by atoms with Gasteiger partial charge in [0.05, 0.1) is 12.6 Å². The molecule has 1 fully saturated rings. The first-order valence-electron chi connectivity index (χ1n) is 3.01. The summed E-state index contributed by atoms with van der Waals surface area (Å²) in [5.74, 6) is 0.801. The largest absolute Gasteiger partial charge is 0.495 e. The van der Waals surface area contributed by atoms with Crippen molar-refractivity contribution in [2.45, 2.75) is 12.5 Å². The summed E-state index contributed by atoms with van der Waals surface area (Å²) in [5, 5.41) is 2.76. The second-order valence-corrected chi connectivity index (χ2v) is 2.25. The minimum atomic E-state index is -0.0188. The van der Waals surface area contributed by atoms with Crippen LogP contribution in [0.2, 0.25) is 0 Å². The predicted octanol–water partition coefficient (Wildman–Crippen LogP) is -0.211. The molecule has 2 rings (SSSR count). The van der Waals surface area contributed by atoms with E-state index in [1.54, 1.807) is 0 Å². The number of hydrogen-bond acceptors (Lipinski definition) is 2. The normalized spacial score (nSPS) is 30.9. The maximum atomic E-state index is 10.6. The van der Waals surface area contributed by atoms with E-state index in [9.17, 15) is 4.79 Å². The predicted molar refractivity (Wildman–Crippen MR) is 30.6 cm³/mol. The Kier molecular flexibility index (Phi) is 0.806. The molecule has 0 saturated carbocycles. The lowest BCUT2D eigenvalue weighted by Crippen LogP contribution is -2.25. The molecular formula is C6H7NO2. The van der Waals surface area contributed by atoms with E-state index in [0.29, 0.717) is 0 Å². The second kappa shape index (κ2) is 1.50. The van der Waals surface area contributed by atoms with Crippen molar-refractivity contribution in [3.63, 3.8) is 0 Å². The molecule has 1 N–H and O–H groups in total. The molecule has 0 aliphatic carbocycles. The van der Waals surface area contributed by atoms with Crippen LogP contribution in [0.5, 0.6) is 0 Å². The highest BCUT2D eigenvalue weighted by Crippen LogP contribution is 2.20. The lowest BCUT2D eigenvalue weighted by atomic mass is 10.2. The molecule has 0 aromatic heterocycles. The van der Waals surface area contributed by atoms with Crippen molar-refractivity contribution in [1.29, 1.82) is 0 Å². The van der Waals surface area contributed by atoms with Gasteiger partial charge in [-0.1, -0.05) is 0 Å². The molecule has 1 unspecified atom stereocenters. The summed E-state index contributed by atoms with van der Waals surface area (Å²) < 4.78 is 5.13. The Hall–Kier alpha value is -0.990. The monoisotopic (exact) mass is 125 g/mol. The first kappa shape index (κ1) is 4.85. The van der Waals surface area contributed by atoms with E-state index < -0.39 is 0 Å². The fourth-order valence-electron chi connectivity index (χ4n) is 1.17. The Bertz CT molecular complexity index is 185. The third kappa shape index (κ3) is 0.608. The Morgan fingerprint density at radius 2 is 2.67 bits per heavy atom. The summed E-state index contributed by atoms with van der Waals surface area (Å²) in [4.78, 5) is 10.6. The van der Waals surface area contributed by atoms with E-state index in [-0.39, 0.29) is 11.9 Å². The highest BCUT2D eigenvalue weighted by Gasteiger charge is 2.29. The van der Waals surface area contributed by atoms with Crippen LogP contribution in [0.3, 0.4) is 0 Å². The lowest BCUT2D eigenvalue weighted by molar-refractivity contribution is -0.116. The maximum Gasteiger partial charge on any atom is 0.248 e. The van der Waals surface area contributed by atoms with Gasteiger partial charge in [0.25, 0.3) is 0 Å². The van der Waals surface area contributed by atoms with Gasteiger partial charge in [0.2, 0.25) is 5.91 Å². The summed E-state index contributed by atoms with van der Waals surface area (Å²) >= 11 is 0. The van der Waals surface area contributed by atoms with Crippen molar-refractivity contribution in [3.05, 3.63) is 11.8 Å². The minimum Gasteiger partial charge on any atom is -0.495 e. The molecule has 2 aliphatic heterocycles. The van der Waals surface area contributed by atoms with Crippen LogP contribution in [-0.4, -0.2) is 18.6 Å². The van der Waals surface area contributed by atoms with E-state index >= 15 is 0 Å². The smallest absolute Gasteiger partial charge is 0.248 e. The average molecular weight is 125 g/mol. The van der Waals surface area contributed by atoms with Crippen LogP contribution >= 0.6 is 0 Å². The zero-order valence-electron chi connectivity index (χ0n) is 4.89. The number of nitrogens with one attached hydrogen (secondary N) is 1. The molecule has 0 radical (unpaired) electrons. The van der Waals surface area contributed by atoms with Crippen LogP contribution in [0.15, 0.2) is 11.8 Å². The molecule has 0 aromatic rings. The topological polar surface area (TPSA) is 38.3 Å². The van der Waals surface area contributed by atoms with Gasteiger partial charge < -0.3 is 10.1 Å². The van der Waals surface area contributed by atoms with E-state index in [4.69, 9.17) is 4.74 Å². The number of fused-ring (bicyclic) bond motifs is 1. The molecule has 1 atom stereocenters. The molecule has 1 amide bonds. The van der Waals surface area contributed by atoms with Gasteiger partial charge in [0.1, 0.15) is 5.76 Å². The number of hydrogen-bond donors (Lipinski definition) is 1. The van der Waals surface area contributed by atoms with Gasteiger partial charge in [-0.05, 0) is 0 Å². The van der Waals surface area contributed by atoms with Gasteiger partial charge in [0.15, 0.2) is 0 Å². The molecule has 3 nitrogen and oxygen atoms in total. The van der Waals surface area contributed by atoms with Crippen LogP contribution < -0.4 is 5.32 Å². The highest BCUT2D eigenvalue weighted by atomic mass is 16.5. The fourth-order valence-corrected chi connectivity index (χ4v) is 1.17. The van der Waals surface area contributed by atoms with Crippen LogP contribution in [0.4, 0.5) is 0 Å². The van der Waals surface area contributed by atoms with Gasteiger partial charge in [-0.2, -0.15) is 0 Å². The molecule has 0 bridgehead atoms. The highest BCUT2D eigenvalue weighted by molar-refractivity contribution is 5.91. The van der Waals surface area contributed by atoms with Crippen molar-refractivity contribution in [1.82, 2.24) is 5.32 Å². The fraction of sp³-hybridized carbons (Fsp3) is 0.500. The lowest BCUT2D eigenvalue weighted by Gasteiger charge is -1.99. The number of carbonyl (C=O) groups is 1. The van der Waals surface area contributed by atoms with Crippen LogP contribution in [0, 0.1) is 0 Å². The third-order valence-corrected chi connectivity index (χ3v) is 1.61. The van der Waals surface area contributed by atoms with Crippen molar-refractivity contribution < 1.29 is 9.53 Å². The number of carbonyl (C=O) groups excluding carboxylic acids is 1. The third-order valence-electron chi connectivity index (χ3n) is 1.61. The molecule has 3 heteroatoms. The number of rotatable bonds is 0. The first-order chi connectivity index (χ1) is 4.36. The van der Waals surface area contributed by atoms with Gasteiger partial charge in [-0.25, -0.2) is 0 Å². The SMILES string of the molecule is O=C1C=C2OCCC2N1. The van der Waals surface area contributed by atoms with Crippen molar-refractivity contribution >= 4 is 5.91 Å². The van der Waals surface area contributed by atoms with E-state index in [2.05, 4.69) is 5.32 Å². The van der Waals surface area contributed by atoms with Crippen molar-refractivity contribution in [2.24, 2.45) is 0 Å². The molecule has 48 valence electrons. The zero-order valence-corrected chi connectivity index (χ0v) is 4.89. The van der Waals surface area contributed by atoms with E-state index in [0.717, 1.165) is 18.8 Å². The summed E-state index contributed by atoms with van der Waals surface area (Å²) in [6.07, 6.45) is 2.45. The Morgan fingerprint density at radius 1 is 1.78 bits per heavy atom. The van der Waals surface area contributed by atoms with Crippen molar-refractivity contribution in [3.8, 4) is 0 Å². The van der Waals surface area contributed by atoms with Gasteiger partial charge >= 0.3 is 0 Å². The Labute approximate surface area is 52.7 Å². The zero-order chi connectivity index (χ0) is 6.27. The minimum absolute atomic E-state index is 0.0188. The van der Waals surface area contributed by atoms with Crippen LogP contribution in [-0.2, 0) is 9.53 Å². The molecule has 0 spiro atoms. The van der Waals surface area contributed by atoms with E-state index in [1.807, 2.05) is 0 Å². The summed E-state index contributed by atoms with van der Waals surface area (Å²) in [6.45, 7) is 0.747. The van der Waals surface area contributed by atoms with Crippen LogP contribution in [0.25, 0.3) is 0 Å². The second-order valence-electron chi connectivity index (χ2n) is 2.25. The standard InChI is InChI=1S/C6H7NO2/c8-6-3-5-4(7-6)1-2-9-5/h3-4H,1-2H2,(H,7,8). The molecule has 1 saturated heterocycles.